The van der Waals surface area contributed by atoms with Gasteiger partial charge in [0.1, 0.15) is 5.75 Å². The molecule has 0 saturated carbocycles. The summed E-state index contributed by atoms with van der Waals surface area (Å²) in [5.41, 5.74) is 14.2. The van der Waals surface area contributed by atoms with E-state index >= 15 is 0 Å². The number of rotatable bonds is 5. The van der Waals surface area contributed by atoms with Crippen molar-refractivity contribution in [1.29, 1.82) is 0 Å². The first-order valence-electron chi connectivity index (χ1n) is 9.28. The van der Waals surface area contributed by atoms with Crippen molar-refractivity contribution < 1.29 is 14.6 Å². The van der Waals surface area contributed by atoms with Crippen LogP contribution in [-0.2, 0) is 17.8 Å². The number of nitrogen functional groups attached to an aromatic ring is 1. The molecule has 0 radical (unpaired) electrons. The molecule has 7 nitrogen and oxygen atoms in total. The highest BCUT2D eigenvalue weighted by atomic mass is 16.5. The fraction of sp³-hybridized carbons (Fsp3) is 0.136. The van der Waals surface area contributed by atoms with Gasteiger partial charge in [0.05, 0.1) is 18.7 Å². The van der Waals surface area contributed by atoms with Crippen molar-refractivity contribution in [3.8, 4) is 11.5 Å². The number of hydrogen-bond acceptors (Lipinski definition) is 6. The molecule has 3 aromatic rings. The molecule has 0 fully saturated rings. The molecule has 5 N–H and O–H groups in total. The van der Waals surface area contributed by atoms with Crippen molar-refractivity contribution in [2.45, 2.75) is 19.3 Å². The van der Waals surface area contributed by atoms with E-state index in [2.05, 4.69) is 10.9 Å². The Kier molecular flexibility index (Phi) is 5.33. The van der Waals surface area contributed by atoms with Gasteiger partial charge in [-0.25, -0.2) is 0 Å². The number of nitrogens with two attached hydrogens (primary N) is 1. The second-order valence-electron chi connectivity index (χ2n) is 6.79. The number of benzene rings is 3. The minimum atomic E-state index is -1.19. The molecule has 0 unspecified atom stereocenters. The maximum atomic E-state index is 12.2. The van der Waals surface area contributed by atoms with E-state index in [1.54, 1.807) is 23.1 Å². The van der Waals surface area contributed by atoms with Gasteiger partial charge in [0, 0.05) is 11.3 Å². The SMILES string of the molecule is Nc1ccc2c(c1)N([C@@H](O)NNC(=O)Cc1ccccc1)Cc1ccccc1O2. The molecular formula is C22H22N4O3. The largest absolute Gasteiger partial charge is 0.455 e. The summed E-state index contributed by atoms with van der Waals surface area (Å²) in [6, 6.07) is 22.2. The first-order valence-corrected chi connectivity index (χ1v) is 9.28. The molecule has 1 amide bonds. The molecule has 4 rings (SSSR count). The molecule has 29 heavy (non-hydrogen) atoms. The highest BCUT2D eigenvalue weighted by molar-refractivity contribution is 5.78. The van der Waals surface area contributed by atoms with Gasteiger partial charge < -0.3 is 20.5 Å². The van der Waals surface area contributed by atoms with Gasteiger partial charge in [-0.2, -0.15) is 5.43 Å². The molecule has 0 bridgehead atoms. The molecule has 0 aromatic heterocycles. The number of carbonyl (C=O) groups excluding carboxylic acids is 1. The van der Waals surface area contributed by atoms with Crippen LogP contribution in [0.4, 0.5) is 11.4 Å². The van der Waals surface area contributed by atoms with E-state index < -0.39 is 6.35 Å². The zero-order chi connectivity index (χ0) is 20.2. The van der Waals surface area contributed by atoms with Crippen molar-refractivity contribution >= 4 is 17.3 Å². The number of aliphatic hydroxyl groups excluding tert-OH is 1. The van der Waals surface area contributed by atoms with Crippen LogP contribution in [-0.4, -0.2) is 17.4 Å². The van der Waals surface area contributed by atoms with E-state index in [4.69, 9.17) is 10.5 Å². The molecule has 1 heterocycles. The van der Waals surface area contributed by atoms with Gasteiger partial charge in [0.15, 0.2) is 5.75 Å². The summed E-state index contributed by atoms with van der Waals surface area (Å²) in [5, 5.41) is 10.8. The summed E-state index contributed by atoms with van der Waals surface area (Å²) < 4.78 is 6.02. The van der Waals surface area contributed by atoms with Gasteiger partial charge in [0.25, 0.3) is 0 Å². The molecule has 0 saturated heterocycles. The lowest BCUT2D eigenvalue weighted by atomic mass is 10.1. The van der Waals surface area contributed by atoms with Crippen LogP contribution in [0.5, 0.6) is 11.5 Å². The minimum absolute atomic E-state index is 0.204. The van der Waals surface area contributed by atoms with E-state index in [1.165, 1.54) is 0 Å². The van der Waals surface area contributed by atoms with Crippen molar-refractivity contribution in [3.05, 3.63) is 83.9 Å². The fourth-order valence-electron chi connectivity index (χ4n) is 3.23. The zero-order valence-electron chi connectivity index (χ0n) is 15.7. The van der Waals surface area contributed by atoms with Crippen LogP contribution in [0.1, 0.15) is 11.1 Å². The van der Waals surface area contributed by atoms with Crippen LogP contribution in [0, 0.1) is 0 Å². The third-order valence-electron chi connectivity index (χ3n) is 4.67. The Hall–Kier alpha value is -3.55. The van der Waals surface area contributed by atoms with Crippen LogP contribution in [0.25, 0.3) is 0 Å². The van der Waals surface area contributed by atoms with Gasteiger partial charge in [0.2, 0.25) is 12.3 Å². The fourth-order valence-corrected chi connectivity index (χ4v) is 3.23. The van der Waals surface area contributed by atoms with Crippen LogP contribution >= 0.6 is 0 Å². The Balaban J connectivity index is 1.51. The smallest absolute Gasteiger partial charge is 0.238 e. The Labute approximate surface area is 168 Å². The Morgan fingerprint density at radius 2 is 1.83 bits per heavy atom. The molecular weight excluding hydrogens is 368 g/mol. The van der Waals surface area contributed by atoms with E-state index in [1.807, 2.05) is 54.6 Å². The maximum absolute atomic E-state index is 12.2. The van der Waals surface area contributed by atoms with Crippen molar-refractivity contribution in [2.24, 2.45) is 0 Å². The van der Waals surface area contributed by atoms with Gasteiger partial charge in [-0.1, -0.05) is 48.5 Å². The highest BCUT2D eigenvalue weighted by Crippen LogP contribution is 2.40. The topological polar surface area (TPSA) is 99.9 Å². The third-order valence-corrected chi connectivity index (χ3v) is 4.67. The highest BCUT2D eigenvalue weighted by Gasteiger charge is 2.25. The lowest BCUT2D eigenvalue weighted by Crippen LogP contribution is -2.53. The van der Waals surface area contributed by atoms with Crippen molar-refractivity contribution in [3.63, 3.8) is 0 Å². The normalized spacial score (nSPS) is 13.5. The lowest BCUT2D eigenvalue weighted by Gasteiger charge is -2.30. The predicted octanol–water partition coefficient (Wildman–Crippen LogP) is 2.52. The summed E-state index contributed by atoms with van der Waals surface area (Å²) in [5.74, 6) is 1.02. The number of ether oxygens (including phenoxy) is 1. The van der Waals surface area contributed by atoms with E-state index in [0.717, 1.165) is 11.1 Å². The first kappa shape index (κ1) is 18.8. The summed E-state index contributed by atoms with van der Waals surface area (Å²) in [7, 11) is 0. The number of fused-ring (bicyclic) bond motifs is 2. The van der Waals surface area contributed by atoms with Crippen molar-refractivity contribution in [1.82, 2.24) is 10.9 Å². The van der Waals surface area contributed by atoms with Gasteiger partial charge in [-0.15, -0.1) is 0 Å². The minimum Gasteiger partial charge on any atom is -0.455 e. The summed E-state index contributed by atoms with van der Waals surface area (Å²) in [6.07, 6.45) is -0.985. The molecule has 148 valence electrons. The number of aliphatic hydroxyl groups is 1. The average molecular weight is 390 g/mol. The third kappa shape index (κ3) is 4.31. The molecule has 1 atom stereocenters. The number of nitrogens with one attached hydrogen (secondary N) is 2. The molecule has 3 aromatic carbocycles. The van der Waals surface area contributed by atoms with E-state index in [0.29, 0.717) is 29.4 Å². The monoisotopic (exact) mass is 390 g/mol. The Morgan fingerprint density at radius 1 is 1.07 bits per heavy atom. The maximum Gasteiger partial charge on any atom is 0.238 e. The summed E-state index contributed by atoms with van der Waals surface area (Å²) >= 11 is 0. The number of hydrazine groups is 1. The van der Waals surface area contributed by atoms with Gasteiger partial charge in [-0.05, 0) is 29.8 Å². The molecule has 7 heteroatoms. The van der Waals surface area contributed by atoms with Gasteiger partial charge >= 0.3 is 0 Å². The molecule has 0 spiro atoms. The average Bonchev–Trinajstić information content (AvgIpc) is 2.89. The molecule has 1 aliphatic rings. The van der Waals surface area contributed by atoms with Gasteiger partial charge in [-0.3, -0.25) is 10.2 Å². The summed E-state index contributed by atoms with van der Waals surface area (Å²) in [4.78, 5) is 13.9. The number of para-hydroxylation sites is 1. The first-order chi connectivity index (χ1) is 14.1. The Bertz CT molecular complexity index is 1010. The quantitative estimate of drug-likeness (QED) is 0.304. The number of amides is 1. The van der Waals surface area contributed by atoms with E-state index in [9.17, 15) is 9.90 Å². The van der Waals surface area contributed by atoms with Crippen LogP contribution in [0.15, 0.2) is 72.8 Å². The molecule has 0 aliphatic carbocycles. The van der Waals surface area contributed by atoms with Crippen molar-refractivity contribution in [2.75, 3.05) is 10.6 Å². The summed E-state index contributed by atoms with van der Waals surface area (Å²) in [6.45, 7) is 0.370. The Morgan fingerprint density at radius 3 is 2.66 bits per heavy atom. The predicted molar refractivity (Wildman–Crippen MR) is 111 cm³/mol. The van der Waals surface area contributed by atoms with Crippen LogP contribution in [0.3, 0.4) is 0 Å². The van der Waals surface area contributed by atoms with Crippen LogP contribution < -0.4 is 26.2 Å². The lowest BCUT2D eigenvalue weighted by molar-refractivity contribution is -0.122. The zero-order valence-corrected chi connectivity index (χ0v) is 15.7. The number of hydrogen-bond donors (Lipinski definition) is 4. The standard InChI is InChI=1S/C22H22N4O3/c23-17-10-11-20-18(13-17)26(14-16-8-4-5-9-19(16)29-20)22(28)25-24-21(27)12-15-6-2-1-3-7-15/h1-11,13,22,25,28H,12,14,23H2,(H,24,27)/t22-/m0/s1. The van der Waals surface area contributed by atoms with E-state index in [-0.39, 0.29) is 12.3 Å². The second kappa shape index (κ2) is 8.22. The molecule has 1 aliphatic heterocycles. The number of anilines is 2. The number of carbonyl (C=O) groups is 1. The van der Waals surface area contributed by atoms with Crippen LogP contribution in [0.2, 0.25) is 0 Å². The number of nitrogens with zero attached hydrogens (tertiary/aromatic N) is 1. The second-order valence-corrected chi connectivity index (χ2v) is 6.79.